The molecule has 1 heterocycles. The van der Waals surface area contributed by atoms with Crippen LogP contribution in [0.3, 0.4) is 0 Å². The highest BCUT2D eigenvalue weighted by atomic mass is 16.5. The molecule has 0 spiro atoms. The smallest absolute Gasteiger partial charge is 0.0991 e. The van der Waals surface area contributed by atoms with Crippen molar-refractivity contribution >= 4 is 5.84 Å². The Labute approximate surface area is 73.2 Å². The van der Waals surface area contributed by atoms with E-state index in [1.165, 1.54) is 12.8 Å². The molecule has 0 aromatic heterocycles. The second kappa shape index (κ2) is 3.05. The molecule has 3 nitrogen and oxygen atoms in total. The van der Waals surface area contributed by atoms with E-state index in [0.29, 0.717) is 12.0 Å². The van der Waals surface area contributed by atoms with Gasteiger partial charge in [0.25, 0.3) is 0 Å². The number of hydrogen-bond acceptors (Lipinski definition) is 2. The predicted octanol–water partition coefficient (Wildman–Crippen LogP) is 1.09. The van der Waals surface area contributed by atoms with Gasteiger partial charge >= 0.3 is 0 Å². The number of nitrogens with zero attached hydrogens (tertiary/aromatic N) is 1. The summed E-state index contributed by atoms with van der Waals surface area (Å²) in [4.78, 5) is 2.17. The minimum absolute atomic E-state index is 0.304. The quantitative estimate of drug-likeness (QED) is 0.470. The van der Waals surface area contributed by atoms with Gasteiger partial charge in [0.2, 0.25) is 0 Å². The average molecular weight is 168 g/mol. The number of hydrogen-bond donors (Lipinski definition) is 1. The van der Waals surface area contributed by atoms with E-state index in [-0.39, 0.29) is 0 Å². The highest BCUT2D eigenvalue weighted by molar-refractivity contribution is 5.83. The molecule has 0 radical (unpaired) electrons. The van der Waals surface area contributed by atoms with Gasteiger partial charge in [0.05, 0.1) is 18.5 Å². The molecule has 1 saturated carbocycles. The Morgan fingerprint density at radius 3 is 2.83 bits per heavy atom. The van der Waals surface area contributed by atoms with Gasteiger partial charge < -0.3 is 9.64 Å². The molecule has 0 bridgehead atoms. The maximum Gasteiger partial charge on any atom is 0.0991 e. The molecule has 12 heavy (non-hydrogen) atoms. The first-order valence-electron chi connectivity index (χ1n) is 4.72. The van der Waals surface area contributed by atoms with Gasteiger partial charge in [0, 0.05) is 19.0 Å². The van der Waals surface area contributed by atoms with Gasteiger partial charge in [-0.1, -0.05) is 0 Å². The molecule has 0 amide bonds. The fourth-order valence-corrected chi connectivity index (χ4v) is 1.65. The van der Waals surface area contributed by atoms with E-state index in [1.54, 1.807) is 0 Å². The maximum absolute atomic E-state index is 7.86. The van der Waals surface area contributed by atoms with Gasteiger partial charge in [0.1, 0.15) is 0 Å². The standard InChI is InChI=1S/C9H16N2O/c1-7-6-11(4-5-12-7)9(10)8-2-3-8/h7-8,10H,2-6H2,1H3. The molecule has 0 aromatic carbocycles. The Morgan fingerprint density at radius 2 is 2.25 bits per heavy atom. The second-order valence-corrected chi connectivity index (χ2v) is 3.79. The van der Waals surface area contributed by atoms with Gasteiger partial charge in [-0.15, -0.1) is 0 Å². The maximum atomic E-state index is 7.86. The summed E-state index contributed by atoms with van der Waals surface area (Å²) in [6, 6.07) is 0. The van der Waals surface area contributed by atoms with Gasteiger partial charge in [-0.25, -0.2) is 0 Å². The van der Waals surface area contributed by atoms with Crippen LogP contribution in [-0.2, 0) is 4.74 Å². The lowest BCUT2D eigenvalue weighted by molar-refractivity contribution is 0.00462. The molecule has 1 aliphatic carbocycles. The third kappa shape index (κ3) is 1.61. The number of ether oxygens (including phenoxy) is 1. The number of morpholine rings is 1. The van der Waals surface area contributed by atoms with Crippen molar-refractivity contribution in [1.29, 1.82) is 5.41 Å². The van der Waals surface area contributed by atoms with Crippen LogP contribution in [0.2, 0.25) is 0 Å². The highest BCUT2D eigenvalue weighted by Gasteiger charge is 2.31. The van der Waals surface area contributed by atoms with E-state index in [9.17, 15) is 0 Å². The Bertz CT molecular complexity index is 189. The molecule has 1 N–H and O–H groups in total. The SMILES string of the molecule is CC1CN(C(=N)C2CC2)CCO1. The van der Waals surface area contributed by atoms with Crippen molar-refractivity contribution in [2.24, 2.45) is 5.92 Å². The monoisotopic (exact) mass is 168 g/mol. The van der Waals surface area contributed by atoms with Crippen molar-refractivity contribution < 1.29 is 4.74 Å². The van der Waals surface area contributed by atoms with E-state index in [1.807, 2.05) is 0 Å². The predicted molar refractivity (Wildman–Crippen MR) is 47.4 cm³/mol. The molecule has 1 aliphatic heterocycles. The first-order valence-corrected chi connectivity index (χ1v) is 4.72. The largest absolute Gasteiger partial charge is 0.375 e. The summed E-state index contributed by atoms with van der Waals surface area (Å²) >= 11 is 0. The van der Waals surface area contributed by atoms with E-state index >= 15 is 0 Å². The second-order valence-electron chi connectivity index (χ2n) is 3.79. The van der Waals surface area contributed by atoms with Crippen molar-refractivity contribution in [3.8, 4) is 0 Å². The molecular formula is C9H16N2O. The topological polar surface area (TPSA) is 36.3 Å². The first kappa shape index (κ1) is 8.05. The first-order chi connectivity index (χ1) is 5.77. The minimum Gasteiger partial charge on any atom is -0.375 e. The van der Waals surface area contributed by atoms with Crippen molar-refractivity contribution in [2.75, 3.05) is 19.7 Å². The van der Waals surface area contributed by atoms with Gasteiger partial charge in [-0.05, 0) is 19.8 Å². The molecule has 3 heteroatoms. The van der Waals surface area contributed by atoms with Crippen molar-refractivity contribution in [3.05, 3.63) is 0 Å². The third-order valence-corrected chi connectivity index (χ3v) is 2.55. The lowest BCUT2D eigenvalue weighted by atomic mass is 10.2. The van der Waals surface area contributed by atoms with Crippen molar-refractivity contribution in [2.45, 2.75) is 25.9 Å². The summed E-state index contributed by atoms with van der Waals surface area (Å²) in [5, 5.41) is 7.86. The lowest BCUT2D eigenvalue weighted by Gasteiger charge is -2.33. The lowest BCUT2D eigenvalue weighted by Crippen LogP contribution is -2.44. The van der Waals surface area contributed by atoms with E-state index in [2.05, 4.69) is 11.8 Å². The third-order valence-electron chi connectivity index (χ3n) is 2.55. The van der Waals surface area contributed by atoms with Gasteiger partial charge in [0.15, 0.2) is 0 Å². The molecular weight excluding hydrogens is 152 g/mol. The fourth-order valence-electron chi connectivity index (χ4n) is 1.65. The summed E-state index contributed by atoms with van der Waals surface area (Å²) in [5.41, 5.74) is 0. The van der Waals surface area contributed by atoms with Crippen molar-refractivity contribution in [3.63, 3.8) is 0 Å². The summed E-state index contributed by atoms with van der Waals surface area (Å²) < 4.78 is 5.42. The molecule has 68 valence electrons. The van der Waals surface area contributed by atoms with E-state index in [0.717, 1.165) is 25.5 Å². The Morgan fingerprint density at radius 1 is 1.50 bits per heavy atom. The van der Waals surface area contributed by atoms with Crippen LogP contribution in [0.1, 0.15) is 19.8 Å². The molecule has 1 atom stereocenters. The van der Waals surface area contributed by atoms with Gasteiger partial charge in [-0.3, -0.25) is 5.41 Å². The van der Waals surface area contributed by atoms with Crippen LogP contribution in [-0.4, -0.2) is 36.5 Å². The van der Waals surface area contributed by atoms with Crippen LogP contribution < -0.4 is 0 Å². The van der Waals surface area contributed by atoms with Crippen LogP contribution in [0.5, 0.6) is 0 Å². The summed E-state index contributed by atoms with van der Waals surface area (Å²) in [5.74, 6) is 1.43. The molecule has 0 aromatic rings. The average Bonchev–Trinajstić information content (AvgIpc) is 2.85. The van der Waals surface area contributed by atoms with E-state index in [4.69, 9.17) is 10.1 Å². The van der Waals surface area contributed by atoms with E-state index < -0.39 is 0 Å². The Hall–Kier alpha value is -0.570. The fraction of sp³-hybridized carbons (Fsp3) is 0.889. The summed E-state index contributed by atoms with van der Waals surface area (Å²) in [6.07, 6.45) is 2.76. The number of rotatable bonds is 1. The van der Waals surface area contributed by atoms with Crippen LogP contribution in [0.4, 0.5) is 0 Å². The molecule has 2 rings (SSSR count). The number of amidine groups is 1. The normalized spacial score (nSPS) is 30.4. The van der Waals surface area contributed by atoms with Crippen LogP contribution in [0.25, 0.3) is 0 Å². The molecule has 1 saturated heterocycles. The van der Waals surface area contributed by atoms with Crippen LogP contribution in [0.15, 0.2) is 0 Å². The zero-order valence-electron chi connectivity index (χ0n) is 7.55. The summed E-state index contributed by atoms with van der Waals surface area (Å²) in [7, 11) is 0. The van der Waals surface area contributed by atoms with Crippen LogP contribution in [0, 0.1) is 11.3 Å². The molecule has 2 aliphatic rings. The number of nitrogens with one attached hydrogen (secondary N) is 1. The van der Waals surface area contributed by atoms with Crippen LogP contribution >= 0.6 is 0 Å². The summed E-state index contributed by atoms with van der Waals surface area (Å²) in [6.45, 7) is 4.69. The minimum atomic E-state index is 0.304. The van der Waals surface area contributed by atoms with Crippen molar-refractivity contribution in [1.82, 2.24) is 4.90 Å². The zero-order chi connectivity index (χ0) is 8.55. The van der Waals surface area contributed by atoms with Gasteiger partial charge in [-0.2, -0.15) is 0 Å². The Kier molecular flexibility index (Phi) is 2.05. The zero-order valence-corrected chi connectivity index (χ0v) is 7.55. The molecule has 1 unspecified atom stereocenters. The molecule has 2 fully saturated rings. The Balaban J connectivity index is 1.89. The highest BCUT2D eigenvalue weighted by Crippen LogP contribution is 2.31.